The van der Waals surface area contributed by atoms with Crippen molar-refractivity contribution >= 4 is 0 Å². The van der Waals surface area contributed by atoms with E-state index in [4.69, 9.17) is 5.84 Å². The van der Waals surface area contributed by atoms with Gasteiger partial charge >= 0.3 is 6.18 Å². The van der Waals surface area contributed by atoms with Crippen LogP contribution < -0.4 is 11.3 Å². The maximum Gasteiger partial charge on any atom is 0.416 e. The molecular formula is C14H17F3N4. The molecule has 0 amide bonds. The third-order valence-electron chi connectivity index (χ3n) is 3.40. The number of aryl methyl sites for hydroxylation is 2. The highest BCUT2D eigenvalue weighted by molar-refractivity contribution is 5.28. The molecule has 0 aliphatic rings. The Hall–Kier alpha value is -1.86. The van der Waals surface area contributed by atoms with Crippen LogP contribution in [0.2, 0.25) is 0 Å². The van der Waals surface area contributed by atoms with Gasteiger partial charge in [0.25, 0.3) is 0 Å². The molecule has 0 radical (unpaired) electrons. The van der Waals surface area contributed by atoms with Gasteiger partial charge < -0.3 is 4.57 Å². The van der Waals surface area contributed by atoms with Crippen LogP contribution in [-0.2, 0) is 19.6 Å². The molecule has 0 bridgehead atoms. The zero-order valence-electron chi connectivity index (χ0n) is 11.6. The Kier molecular flexibility index (Phi) is 4.64. The lowest BCUT2D eigenvalue weighted by atomic mass is 10.00. The molecule has 1 unspecified atom stereocenters. The molecule has 1 heterocycles. The van der Waals surface area contributed by atoms with Gasteiger partial charge in [0.15, 0.2) is 0 Å². The van der Waals surface area contributed by atoms with E-state index in [1.165, 1.54) is 6.07 Å². The lowest BCUT2D eigenvalue weighted by molar-refractivity contribution is -0.137. The van der Waals surface area contributed by atoms with Gasteiger partial charge in [-0.05, 0) is 24.1 Å². The molecule has 114 valence electrons. The summed E-state index contributed by atoms with van der Waals surface area (Å²) in [6, 6.07) is 4.85. The molecule has 0 spiro atoms. The molecule has 7 heteroatoms. The van der Waals surface area contributed by atoms with Gasteiger partial charge in [-0.1, -0.05) is 12.1 Å². The van der Waals surface area contributed by atoms with Crippen molar-refractivity contribution < 1.29 is 13.2 Å². The van der Waals surface area contributed by atoms with Crippen molar-refractivity contribution in [3.05, 3.63) is 53.6 Å². The summed E-state index contributed by atoms with van der Waals surface area (Å²) >= 11 is 0. The van der Waals surface area contributed by atoms with E-state index in [0.29, 0.717) is 18.4 Å². The fourth-order valence-corrected chi connectivity index (χ4v) is 2.19. The fourth-order valence-electron chi connectivity index (χ4n) is 2.19. The number of hydrogen-bond acceptors (Lipinski definition) is 3. The van der Waals surface area contributed by atoms with Crippen molar-refractivity contribution in [2.45, 2.75) is 25.1 Å². The Morgan fingerprint density at radius 3 is 2.71 bits per heavy atom. The maximum atomic E-state index is 12.7. The quantitative estimate of drug-likeness (QED) is 0.659. The summed E-state index contributed by atoms with van der Waals surface area (Å²) < 4.78 is 40.1. The van der Waals surface area contributed by atoms with E-state index in [0.717, 1.165) is 18.0 Å². The fraction of sp³-hybridized carbons (Fsp3) is 0.357. The van der Waals surface area contributed by atoms with Crippen molar-refractivity contribution in [2.24, 2.45) is 12.9 Å². The highest BCUT2D eigenvalue weighted by atomic mass is 19.4. The third-order valence-corrected chi connectivity index (χ3v) is 3.40. The number of alkyl halides is 3. The molecule has 3 N–H and O–H groups in total. The molecule has 4 nitrogen and oxygen atoms in total. The minimum atomic E-state index is -4.35. The van der Waals surface area contributed by atoms with Gasteiger partial charge in [-0.3, -0.25) is 11.3 Å². The smallest absolute Gasteiger partial charge is 0.338 e. The molecule has 2 rings (SSSR count). The first-order valence-electron chi connectivity index (χ1n) is 6.51. The Morgan fingerprint density at radius 2 is 2.14 bits per heavy atom. The molecule has 0 aliphatic heterocycles. The second-order valence-electron chi connectivity index (χ2n) is 4.84. The van der Waals surface area contributed by atoms with Crippen molar-refractivity contribution in [3.63, 3.8) is 0 Å². The SMILES string of the molecule is Cn1ccnc1CCC(NN)c1cccc(C(F)(F)F)c1. The number of halogens is 3. The Labute approximate surface area is 120 Å². The maximum absolute atomic E-state index is 12.7. The predicted molar refractivity (Wildman–Crippen MR) is 73.0 cm³/mol. The molecule has 1 aromatic heterocycles. The molecule has 0 fully saturated rings. The van der Waals surface area contributed by atoms with Gasteiger partial charge in [0.2, 0.25) is 0 Å². The molecule has 1 aromatic carbocycles. The zero-order chi connectivity index (χ0) is 15.5. The number of imidazole rings is 1. The highest BCUT2D eigenvalue weighted by Crippen LogP contribution is 2.31. The summed E-state index contributed by atoms with van der Waals surface area (Å²) in [7, 11) is 1.87. The van der Waals surface area contributed by atoms with Crippen molar-refractivity contribution in [2.75, 3.05) is 0 Å². The Morgan fingerprint density at radius 1 is 1.38 bits per heavy atom. The minimum Gasteiger partial charge on any atom is -0.338 e. The summed E-state index contributed by atoms with van der Waals surface area (Å²) in [4.78, 5) is 4.19. The van der Waals surface area contributed by atoms with Crippen LogP contribution in [0.3, 0.4) is 0 Å². The summed E-state index contributed by atoms with van der Waals surface area (Å²) in [5.41, 5.74) is 2.42. The van der Waals surface area contributed by atoms with Crippen molar-refractivity contribution in [3.8, 4) is 0 Å². The lowest BCUT2D eigenvalue weighted by Crippen LogP contribution is -2.29. The lowest BCUT2D eigenvalue weighted by Gasteiger charge is -2.17. The number of hydrogen-bond donors (Lipinski definition) is 2. The van der Waals surface area contributed by atoms with E-state index in [1.54, 1.807) is 12.3 Å². The molecule has 0 aliphatic carbocycles. The van der Waals surface area contributed by atoms with E-state index in [1.807, 2.05) is 17.8 Å². The van der Waals surface area contributed by atoms with E-state index in [-0.39, 0.29) is 6.04 Å². The summed E-state index contributed by atoms with van der Waals surface area (Å²) in [6.45, 7) is 0. The van der Waals surface area contributed by atoms with Gasteiger partial charge in [0.1, 0.15) is 5.82 Å². The minimum absolute atomic E-state index is 0.357. The first-order valence-corrected chi connectivity index (χ1v) is 6.51. The first-order chi connectivity index (χ1) is 9.91. The van der Waals surface area contributed by atoms with Crippen LogP contribution in [0.1, 0.15) is 29.4 Å². The summed E-state index contributed by atoms with van der Waals surface area (Å²) in [6.07, 6.45) is 0.334. The topological polar surface area (TPSA) is 55.9 Å². The number of rotatable bonds is 5. The van der Waals surface area contributed by atoms with Crippen LogP contribution >= 0.6 is 0 Å². The second-order valence-corrected chi connectivity index (χ2v) is 4.84. The van der Waals surface area contributed by atoms with Crippen LogP contribution in [0, 0.1) is 0 Å². The predicted octanol–water partition coefficient (Wildman–Crippen LogP) is 2.58. The molecule has 2 aromatic rings. The van der Waals surface area contributed by atoms with E-state index >= 15 is 0 Å². The Bertz CT molecular complexity index is 592. The third kappa shape index (κ3) is 3.83. The van der Waals surface area contributed by atoms with Crippen LogP contribution in [0.25, 0.3) is 0 Å². The standard InChI is InChI=1S/C14H17F3N4/c1-21-8-7-19-13(21)6-5-12(20-18)10-3-2-4-11(9-10)14(15,16)17/h2-4,7-9,12,20H,5-6,18H2,1H3. The van der Waals surface area contributed by atoms with Crippen molar-refractivity contribution in [1.82, 2.24) is 15.0 Å². The van der Waals surface area contributed by atoms with E-state index in [9.17, 15) is 13.2 Å². The van der Waals surface area contributed by atoms with Gasteiger partial charge in [-0.2, -0.15) is 13.2 Å². The summed E-state index contributed by atoms with van der Waals surface area (Å²) in [5.74, 6) is 6.35. The van der Waals surface area contributed by atoms with E-state index in [2.05, 4.69) is 10.4 Å². The highest BCUT2D eigenvalue weighted by Gasteiger charge is 2.30. The van der Waals surface area contributed by atoms with Crippen molar-refractivity contribution in [1.29, 1.82) is 0 Å². The number of nitrogens with one attached hydrogen (secondary N) is 1. The monoisotopic (exact) mass is 298 g/mol. The average Bonchev–Trinajstić information content (AvgIpc) is 2.84. The molecule has 21 heavy (non-hydrogen) atoms. The van der Waals surface area contributed by atoms with Crippen LogP contribution in [0.4, 0.5) is 13.2 Å². The van der Waals surface area contributed by atoms with Gasteiger partial charge in [0.05, 0.1) is 5.56 Å². The molecule has 0 saturated heterocycles. The van der Waals surface area contributed by atoms with Crippen LogP contribution in [0.15, 0.2) is 36.7 Å². The number of benzene rings is 1. The first kappa shape index (κ1) is 15.5. The average molecular weight is 298 g/mol. The van der Waals surface area contributed by atoms with E-state index < -0.39 is 11.7 Å². The number of nitrogens with two attached hydrogens (primary N) is 1. The normalized spacial score (nSPS) is 13.4. The van der Waals surface area contributed by atoms with Gasteiger partial charge in [0, 0.05) is 31.9 Å². The zero-order valence-corrected chi connectivity index (χ0v) is 11.6. The Balaban J connectivity index is 2.12. The number of aromatic nitrogens is 2. The largest absolute Gasteiger partial charge is 0.416 e. The molecule has 0 saturated carbocycles. The van der Waals surface area contributed by atoms with Gasteiger partial charge in [-0.15, -0.1) is 0 Å². The molecule has 1 atom stereocenters. The molecular weight excluding hydrogens is 281 g/mol. The number of nitrogens with zero attached hydrogens (tertiary/aromatic N) is 2. The van der Waals surface area contributed by atoms with Crippen LogP contribution in [-0.4, -0.2) is 9.55 Å². The second kappa shape index (κ2) is 6.28. The number of hydrazine groups is 1. The van der Waals surface area contributed by atoms with Crippen LogP contribution in [0.5, 0.6) is 0 Å². The van der Waals surface area contributed by atoms with Gasteiger partial charge in [-0.25, -0.2) is 4.98 Å². The summed E-state index contributed by atoms with van der Waals surface area (Å²) in [5, 5.41) is 0.